The first kappa shape index (κ1) is 24.5. The van der Waals surface area contributed by atoms with Crippen LogP contribution < -0.4 is 5.32 Å². The van der Waals surface area contributed by atoms with Gasteiger partial charge in [-0.3, -0.25) is 4.79 Å². The van der Waals surface area contributed by atoms with Crippen LogP contribution in [-0.2, 0) is 27.7 Å². The molecule has 2 heterocycles. The topological polar surface area (TPSA) is 112 Å². The fourth-order valence-electron chi connectivity index (χ4n) is 3.07. The van der Waals surface area contributed by atoms with Crippen LogP contribution in [0.3, 0.4) is 0 Å². The van der Waals surface area contributed by atoms with Crippen molar-refractivity contribution in [1.82, 2.24) is 14.8 Å². The molecule has 174 valence electrons. The molecule has 1 amide bonds. The molecule has 0 spiro atoms. The number of nitrogens with one attached hydrogen (secondary N) is 1. The zero-order chi connectivity index (χ0) is 24.0. The van der Waals surface area contributed by atoms with Crippen LogP contribution in [0.25, 0.3) is 11.4 Å². The van der Waals surface area contributed by atoms with Gasteiger partial charge in [-0.25, -0.2) is 9.59 Å². The van der Waals surface area contributed by atoms with E-state index in [1.807, 2.05) is 11.6 Å². The monoisotopic (exact) mass is 488 g/mol. The van der Waals surface area contributed by atoms with Crippen molar-refractivity contribution in [3.8, 4) is 11.4 Å². The molecule has 0 fully saturated rings. The Bertz CT molecular complexity index is 1140. The minimum Gasteiger partial charge on any atom is -0.465 e. The lowest BCUT2D eigenvalue weighted by molar-refractivity contribution is -0.113. The second-order valence-corrected chi connectivity index (χ2v) is 8.97. The molecule has 9 nitrogen and oxygen atoms in total. The molecule has 0 unspecified atom stereocenters. The number of hydrogen-bond acceptors (Lipinski definition) is 9. The summed E-state index contributed by atoms with van der Waals surface area (Å²) >= 11 is 2.93. The summed E-state index contributed by atoms with van der Waals surface area (Å²) in [6.07, 6.45) is 2.11. The van der Waals surface area contributed by atoms with Crippen molar-refractivity contribution >= 4 is 46.6 Å². The van der Waals surface area contributed by atoms with Crippen molar-refractivity contribution in [3.63, 3.8) is 0 Å². The number of benzene rings is 1. The van der Waals surface area contributed by atoms with Crippen molar-refractivity contribution < 1.29 is 23.9 Å². The number of ether oxygens (including phenoxy) is 2. The van der Waals surface area contributed by atoms with Gasteiger partial charge in [0, 0.05) is 28.6 Å². The lowest BCUT2D eigenvalue weighted by Crippen LogP contribution is -2.16. The maximum atomic E-state index is 12.5. The van der Waals surface area contributed by atoms with Crippen molar-refractivity contribution in [2.45, 2.75) is 24.9 Å². The highest BCUT2D eigenvalue weighted by Crippen LogP contribution is 2.27. The van der Waals surface area contributed by atoms with Gasteiger partial charge in [0.05, 0.1) is 31.1 Å². The SMILES string of the molecule is CCCc1cc(-c2nnc(SCC(=O)Nc3cc(C(=O)OC)cc(C(=O)OC)c3)n2C)cs1. The number of carbonyl (C=O) groups is 3. The van der Waals surface area contributed by atoms with Crippen molar-refractivity contribution in [1.29, 1.82) is 0 Å². The Balaban J connectivity index is 1.69. The molecule has 3 rings (SSSR count). The number of amides is 1. The highest BCUT2D eigenvalue weighted by atomic mass is 32.2. The lowest BCUT2D eigenvalue weighted by atomic mass is 10.1. The lowest BCUT2D eigenvalue weighted by Gasteiger charge is -2.09. The molecular weight excluding hydrogens is 464 g/mol. The molecule has 33 heavy (non-hydrogen) atoms. The number of anilines is 1. The smallest absolute Gasteiger partial charge is 0.337 e. The molecule has 0 saturated carbocycles. The molecule has 0 bridgehead atoms. The first-order chi connectivity index (χ1) is 15.9. The average molecular weight is 489 g/mol. The number of esters is 2. The number of hydrogen-bond donors (Lipinski definition) is 1. The Kier molecular flexibility index (Phi) is 8.23. The van der Waals surface area contributed by atoms with E-state index < -0.39 is 11.9 Å². The van der Waals surface area contributed by atoms with Gasteiger partial charge in [-0.05, 0) is 30.7 Å². The Hall–Kier alpha value is -3.18. The Labute approximate surface area is 199 Å². The van der Waals surface area contributed by atoms with E-state index in [-0.39, 0.29) is 28.5 Å². The largest absolute Gasteiger partial charge is 0.465 e. The fraction of sp³-hybridized carbons (Fsp3) is 0.318. The van der Waals surface area contributed by atoms with Gasteiger partial charge >= 0.3 is 11.9 Å². The molecule has 1 N–H and O–H groups in total. The van der Waals surface area contributed by atoms with Crippen LogP contribution in [0, 0.1) is 0 Å². The van der Waals surface area contributed by atoms with Crippen molar-refractivity contribution in [3.05, 3.63) is 45.6 Å². The summed E-state index contributed by atoms with van der Waals surface area (Å²) in [5.41, 5.74) is 1.54. The molecule has 0 aliphatic carbocycles. The third kappa shape index (κ3) is 5.99. The summed E-state index contributed by atoms with van der Waals surface area (Å²) in [5.74, 6) is -0.791. The maximum Gasteiger partial charge on any atom is 0.337 e. The molecule has 0 aliphatic rings. The van der Waals surface area contributed by atoms with E-state index in [1.165, 1.54) is 49.1 Å². The highest BCUT2D eigenvalue weighted by Gasteiger charge is 2.17. The van der Waals surface area contributed by atoms with Crippen LogP contribution in [-0.4, -0.2) is 52.6 Å². The van der Waals surface area contributed by atoms with Gasteiger partial charge in [-0.2, -0.15) is 0 Å². The van der Waals surface area contributed by atoms with Crippen LogP contribution in [0.5, 0.6) is 0 Å². The van der Waals surface area contributed by atoms with Gasteiger partial charge in [0.25, 0.3) is 0 Å². The summed E-state index contributed by atoms with van der Waals surface area (Å²) in [4.78, 5) is 37.6. The molecule has 0 atom stereocenters. The predicted molar refractivity (Wildman–Crippen MR) is 127 cm³/mol. The molecule has 1 aromatic carbocycles. The summed E-state index contributed by atoms with van der Waals surface area (Å²) in [7, 11) is 4.32. The van der Waals surface area contributed by atoms with Gasteiger partial charge in [-0.1, -0.05) is 25.1 Å². The van der Waals surface area contributed by atoms with E-state index >= 15 is 0 Å². The fourth-order valence-corrected chi connectivity index (χ4v) is 4.75. The number of rotatable bonds is 9. The highest BCUT2D eigenvalue weighted by molar-refractivity contribution is 7.99. The van der Waals surface area contributed by atoms with Gasteiger partial charge in [0.2, 0.25) is 5.91 Å². The van der Waals surface area contributed by atoms with Crippen molar-refractivity contribution in [2.75, 3.05) is 25.3 Å². The number of aryl methyl sites for hydroxylation is 1. The number of thioether (sulfide) groups is 1. The minimum atomic E-state index is -0.632. The number of aromatic nitrogens is 3. The predicted octanol–water partition coefficient (Wildman–Crippen LogP) is 3.80. The van der Waals surface area contributed by atoms with Crippen LogP contribution >= 0.6 is 23.1 Å². The van der Waals surface area contributed by atoms with E-state index in [4.69, 9.17) is 9.47 Å². The Morgan fingerprint density at radius 1 is 1.06 bits per heavy atom. The number of methoxy groups -OCH3 is 2. The van der Waals surface area contributed by atoms with Crippen LogP contribution in [0.2, 0.25) is 0 Å². The summed E-state index contributed by atoms with van der Waals surface area (Å²) < 4.78 is 11.3. The van der Waals surface area contributed by atoms with E-state index in [2.05, 4.69) is 33.9 Å². The molecule has 0 saturated heterocycles. The Morgan fingerprint density at radius 2 is 1.73 bits per heavy atom. The van der Waals surface area contributed by atoms with Crippen LogP contribution in [0.4, 0.5) is 5.69 Å². The summed E-state index contributed by atoms with van der Waals surface area (Å²) in [6, 6.07) is 6.34. The van der Waals surface area contributed by atoms with E-state index in [9.17, 15) is 14.4 Å². The molecule has 0 aliphatic heterocycles. The van der Waals surface area contributed by atoms with E-state index in [1.54, 1.807) is 11.3 Å². The number of carbonyl (C=O) groups excluding carboxylic acids is 3. The molecule has 0 radical (unpaired) electrons. The number of thiophene rings is 1. The third-order valence-corrected chi connectivity index (χ3v) is 6.65. The van der Waals surface area contributed by atoms with Gasteiger partial charge in [0.15, 0.2) is 11.0 Å². The standard InChI is InChI=1S/C22H24N4O5S2/c1-5-6-17-10-15(11-32-17)19-24-25-22(26(19)2)33-12-18(27)23-16-8-13(20(28)30-3)7-14(9-16)21(29)31-4/h7-11H,5-6,12H2,1-4H3,(H,23,27). The maximum absolute atomic E-state index is 12.5. The molecular formula is C22H24N4O5S2. The normalized spacial score (nSPS) is 10.7. The van der Waals surface area contributed by atoms with Crippen molar-refractivity contribution in [2.24, 2.45) is 7.05 Å². The summed E-state index contributed by atoms with van der Waals surface area (Å²) in [5, 5.41) is 13.8. The molecule has 2 aromatic heterocycles. The van der Waals surface area contributed by atoms with Crippen LogP contribution in [0.15, 0.2) is 34.8 Å². The number of nitrogens with zero attached hydrogens (tertiary/aromatic N) is 3. The second-order valence-electron chi connectivity index (χ2n) is 7.04. The van der Waals surface area contributed by atoms with E-state index in [0.717, 1.165) is 24.2 Å². The summed E-state index contributed by atoms with van der Waals surface area (Å²) in [6.45, 7) is 2.14. The molecule has 11 heteroatoms. The zero-order valence-electron chi connectivity index (χ0n) is 18.7. The minimum absolute atomic E-state index is 0.0622. The third-order valence-electron chi connectivity index (χ3n) is 4.63. The second kappa shape index (κ2) is 11.1. The first-order valence-corrected chi connectivity index (χ1v) is 11.9. The Morgan fingerprint density at radius 3 is 2.33 bits per heavy atom. The zero-order valence-corrected chi connectivity index (χ0v) is 20.3. The average Bonchev–Trinajstić information content (AvgIpc) is 3.42. The first-order valence-electron chi connectivity index (χ1n) is 10.1. The van der Waals surface area contributed by atoms with E-state index in [0.29, 0.717) is 5.16 Å². The van der Waals surface area contributed by atoms with Crippen LogP contribution in [0.1, 0.15) is 38.9 Å². The van der Waals surface area contributed by atoms with Gasteiger partial charge in [-0.15, -0.1) is 21.5 Å². The molecule has 3 aromatic rings. The van der Waals surface area contributed by atoms with Gasteiger partial charge < -0.3 is 19.4 Å². The van der Waals surface area contributed by atoms with Gasteiger partial charge in [0.1, 0.15) is 0 Å². The quantitative estimate of drug-likeness (QED) is 0.358.